The zero-order valence-corrected chi connectivity index (χ0v) is 23.6. The molecule has 0 aromatic carbocycles. The van der Waals surface area contributed by atoms with E-state index in [9.17, 15) is 14.4 Å². The van der Waals surface area contributed by atoms with Crippen molar-refractivity contribution in [3.8, 4) is 0 Å². The monoisotopic (exact) mass is 554 g/mol. The Kier molecular flexibility index (Phi) is 10.3. The first-order valence-electron chi connectivity index (χ1n) is 12.5. The van der Waals surface area contributed by atoms with Gasteiger partial charge >= 0.3 is 6.03 Å². The van der Waals surface area contributed by atoms with Gasteiger partial charge in [-0.2, -0.15) is 0 Å². The van der Waals surface area contributed by atoms with Crippen LogP contribution < -0.4 is 21.1 Å². The van der Waals surface area contributed by atoms with E-state index in [1.165, 1.54) is 55.4 Å². The fourth-order valence-corrected chi connectivity index (χ4v) is 5.89. The fourth-order valence-electron chi connectivity index (χ4n) is 4.04. The SMILES string of the molecule is C1CCCC1.C=CC(N)=O.Cc1cc(CC(C)C)ncc1SN1C(=O)Nc2c(C(N)=O)sc3nccc1c23. The van der Waals surface area contributed by atoms with Crippen LogP contribution in [0.1, 0.15) is 66.9 Å². The molecular formula is C27H34N6O3S2. The van der Waals surface area contributed by atoms with Crippen LogP contribution in [0.5, 0.6) is 0 Å². The summed E-state index contributed by atoms with van der Waals surface area (Å²) in [6.07, 6.45) is 12.9. The Morgan fingerprint density at radius 1 is 1.21 bits per heavy atom. The zero-order chi connectivity index (χ0) is 27.8. The molecular weight excluding hydrogens is 520 g/mol. The number of nitrogens with two attached hydrogens (primary N) is 2. The molecule has 0 saturated heterocycles. The van der Waals surface area contributed by atoms with Crippen molar-refractivity contribution in [2.75, 3.05) is 9.62 Å². The van der Waals surface area contributed by atoms with Crippen LogP contribution in [-0.2, 0) is 11.2 Å². The van der Waals surface area contributed by atoms with E-state index in [1.807, 2.05) is 6.92 Å². The Bertz CT molecular complexity index is 1330. The number of nitrogens with one attached hydrogen (secondary N) is 1. The molecule has 4 heterocycles. The van der Waals surface area contributed by atoms with Crippen molar-refractivity contribution in [3.05, 3.63) is 53.3 Å². The van der Waals surface area contributed by atoms with Crippen molar-refractivity contribution < 1.29 is 14.4 Å². The largest absolute Gasteiger partial charge is 0.366 e. The molecule has 1 saturated carbocycles. The molecule has 11 heteroatoms. The van der Waals surface area contributed by atoms with Crippen molar-refractivity contribution in [3.63, 3.8) is 0 Å². The van der Waals surface area contributed by atoms with Gasteiger partial charge in [-0.1, -0.05) is 52.5 Å². The van der Waals surface area contributed by atoms with Gasteiger partial charge in [-0.3, -0.25) is 14.6 Å². The van der Waals surface area contributed by atoms with Crippen LogP contribution in [0.3, 0.4) is 0 Å². The van der Waals surface area contributed by atoms with Crippen LogP contribution in [0.25, 0.3) is 10.2 Å². The smallest absolute Gasteiger partial charge is 0.336 e. The highest BCUT2D eigenvalue weighted by atomic mass is 32.2. The lowest BCUT2D eigenvalue weighted by Crippen LogP contribution is -2.33. The molecule has 5 rings (SSSR count). The number of rotatable bonds is 6. The Morgan fingerprint density at radius 3 is 2.37 bits per heavy atom. The molecule has 3 aromatic rings. The molecule has 38 heavy (non-hydrogen) atoms. The minimum absolute atomic E-state index is 0.309. The van der Waals surface area contributed by atoms with Crippen LogP contribution >= 0.6 is 23.3 Å². The van der Waals surface area contributed by atoms with Gasteiger partial charge < -0.3 is 16.8 Å². The van der Waals surface area contributed by atoms with Crippen molar-refractivity contribution in [2.24, 2.45) is 17.4 Å². The molecule has 0 unspecified atom stereocenters. The molecule has 0 radical (unpaired) electrons. The number of anilines is 2. The average molecular weight is 555 g/mol. The lowest BCUT2D eigenvalue weighted by molar-refractivity contribution is -0.113. The molecule has 9 nitrogen and oxygen atoms in total. The maximum Gasteiger partial charge on any atom is 0.336 e. The summed E-state index contributed by atoms with van der Waals surface area (Å²) in [6.45, 7) is 9.41. The molecule has 1 aliphatic carbocycles. The third-order valence-corrected chi connectivity index (χ3v) is 8.09. The van der Waals surface area contributed by atoms with Crippen LogP contribution in [0.2, 0.25) is 0 Å². The molecule has 0 spiro atoms. The van der Waals surface area contributed by atoms with Gasteiger partial charge in [-0.25, -0.2) is 14.1 Å². The Morgan fingerprint density at radius 2 is 1.84 bits per heavy atom. The van der Waals surface area contributed by atoms with Crippen LogP contribution in [0, 0.1) is 12.8 Å². The first-order valence-corrected chi connectivity index (χ1v) is 14.1. The molecule has 1 aliphatic heterocycles. The predicted molar refractivity (Wildman–Crippen MR) is 155 cm³/mol. The van der Waals surface area contributed by atoms with E-state index in [2.05, 4.69) is 47.5 Å². The Hall–Kier alpha value is -3.44. The van der Waals surface area contributed by atoms with Crippen LogP contribution in [0.15, 0.2) is 42.1 Å². The van der Waals surface area contributed by atoms with Gasteiger partial charge in [-0.15, -0.1) is 11.3 Å². The van der Waals surface area contributed by atoms with Gasteiger partial charge in [0.25, 0.3) is 5.91 Å². The topological polar surface area (TPSA) is 144 Å². The lowest BCUT2D eigenvalue weighted by Gasteiger charge is -2.27. The number of amides is 4. The van der Waals surface area contributed by atoms with E-state index in [4.69, 9.17) is 5.73 Å². The summed E-state index contributed by atoms with van der Waals surface area (Å²) in [5.41, 5.74) is 13.2. The number of hydrogen-bond acceptors (Lipinski definition) is 7. The standard InChI is InChI=1S/C19H19N5O2S2.C5H10.C3H5NO/c1-9(2)6-11-7-10(3)13(8-22-11)28-24-12-4-5-21-18-14(12)15(23-19(24)26)16(27-18)17(20)25;1-2-4-5-3-1;1-2-3(4)5/h4-5,7-9H,6H2,1-3H3,(H2,20,25)(H,23,26);1-5H2;2H,1H2,(H2,4,5). The highest BCUT2D eigenvalue weighted by Crippen LogP contribution is 2.46. The van der Waals surface area contributed by atoms with Gasteiger partial charge in [0.2, 0.25) is 5.91 Å². The summed E-state index contributed by atoms with van der Waals surface area (Å²) in [6, 6.07) is 3.50. The number of primary amides is 2. The van der Waals surface area contributed by atoms with E-state index in [0.29, 0.717) is 27.0 Å². The molecule has 2 aliphatic rings. The van der Waals surface area contributed by atoms with Crippen LogP contribution in [0.4, 0.5) is 16.2 Å². The van der Waals surface area contributed by atoms with E-state index in [1.54, 1.807) is 22.8 Å². The molecule has 3 aromatic heterocycles. The summed E-state index contributed by atoms with van der Waals surface area (Å²) < 4.78 is 1.57. The number of thiophene rings is 1. The second-order valence-electron chi connectivity index (χ2n) is 9.41. The number of carbonyl (C=O) groups excluding carboxylic acids is 3. The highest BCUT2D eigenvalue weighted by molar-refractivity contribution is 8.01. The Labute approximate surface area is 231 Å². The molecule has 0 atom stereocenters. The van der Waals surface area contributed by atoms with Gasteiger partial charge in [0.05, 0.1) is 21.7 Å². The number of aromatic nitrogens is 2. The average Bonchev–Trinajstić information content (AvgIpc) is 3.56. The summed E-state index contributed by atoms with van der Waals surface area (Å²) in [5.74, 6) is -0.531. The van der Waals surface area contributed by atoms with Gasteiger partial charge in [0.1, 0.15) is 9.71 Å². The molecule has 0 bridgehead atoms. The molecule has 5 N–H and O–H groups in total. The zero-order valence-electron chi connectivity index (χ0n) is 22.0. The van der Waals surface area contributed by atoms with E-state index in [0.717, 1.165) is 34.0 Å². The van der Waals surface area contributed by atoms with Crippen molar-refractivity contribution in [2.45, 2.75) is 64.2 Å². The minimum atomic E-state index is -0.578. The number of nitrogens with zero attached hydrogens (tertiary/aromatic N) is 3. The van der Waals surface area contributed by atoms with Crippen molar-refractivity contribution in [1.29, 1.82) is 0 Å². The fraction of sp³-hybridized carbons (Fsp3) is 0.370. The first-order chi connectivity index (χ1) is 18.1. The third-order valence-electron chi connectivity index (χ3n) is 5.81. The maximum atomic E-state index is 12.8. The number of hydrogen-bond donors (Lipinski definition) is 3. The summed E-state index contributed by atoms with van der Waals surface area (Å²) in [5, 5.41) is 3.53. The highest BCUT2D eigenvalue weighted by Gasteiger charge is 2.32. The van der Waals surface area contributed by atoms with E-state index in [-0.39, 0.29) is 6.03 Å². The van der Waals surface area contributed by atoms with Gasteiger partial charge in [0.15, 0.2) is 0 Å². The van der Waals surface area contributed by atoms with Crippen LogP contribution in [-0.4, -0.2) is 27.8 Å². The second-order valence-corrected chi connectivity index (χ2v) is 11.4. The molecule has 1 fully saturated rings. The molecule has 4 amide bonds. The van der Waals surface area contributed by atoms with E-state index >= 15 is 0 Å². The number of carbonyl (C=O) groups is 3. The minimum Gasteiger partial charge on any atom is -0.366 e. The first kappa shape index (κ1) is 29.1. The predicted octanol–water partition coefficient (Wildman–Crippen LogP) is 5.96. The van der Waals surface area contributed by atoms with Crippen molar-refractivity contribution in [1.82, 2.24) is 9.97 Å². The third kappa shape index (κ3) is 7.32. The molecule has 202 valence electrons. The maximum absolute atomic E-state index is 12.8. The van der Waals surface area contributed by atoms with Gasteiger partial charge in [-0.05, 0) is 55.0 Å². The number of pyridine rings is 2. The second kappa shape index (κ2) is 13.4. The van der Waals surface area contributed by atoms with Gasteiger partial charge in [0, 0.05) is 18.1 Å². The quantitative estimate of drug-likeness (QED) is 0.253. The number of aryl methyl sites for hydroxylation is 1. The number of urea groups is 1. The summed E-state index contributed by atoms with van der Waals surface area (Å²) in [7, 11) is 0. The van der Waals surface area contributed by atoms with E-state index < -0.39 is 11.8 Å². The summed E-state index contributed by atoms with van der Waals surface area (Å²) in [4.78, 5) is 44.7. The Balaban J connectivity index is 0.000000337. The lowest BCUT2D eigenvalue weighted by atomic mass is 10.1. The normalized spacial score (nSPS) is 13.8. The van der Waals surface area contributed by atoms with Crippen molar-refractivity contribution >= 4 is 62.7 Å². The summed E-state index contributed by atoms with van der Waals surface area (Å²) >= 11 is 2.48.